The normalized spacial score (nSPS) is 11.1. The van der Waals surface area contributed by atoms with Crippen LogP contribution in [0.3, 0.4) is 0 Å². The maximum absolute atomic E-state index is 10.6. The highest BCUT2D eigenvalue weighted by Crippen LogP contribution is 2.18. The molecule has 0 N–H and O–H groups in total. The van der Waals surface area contributed by atoms with Gasteiger partial charge in [-0.25, -0.2) is 0 Å². The minimum Gasteiger partial charge on any atom is -0.299 e. The van der Waals surface area contributed by atoms with Crippen LogP contribution >= 0.6 is 12.6 Å². The fraction of sp³-hybridized carbons (Fsp3) is 0.667. The molecule has 0 unspecified atom stereocenters. The summed E-state index contributed by atoms with van der Waals surface area (Å²) < 4.78 is 0. The summed E-state index contributed by atoms with van der Waals surface area (Å²) in [5.41, 5.74) is -0.914. The Kier molecular flexibility index (Phi) is 2.43. The Balaban J connectivity index is 4.38. The van der Waals surface area contributed by atoms with Crippen molar-refractivity contribution in [3.05, 3.63) is 0 Å². The molecule has 3 heteroatoms. The molecule has 0 aromatic rings. The zero-order valence-corrected chi connectivity index (χ0v) is 6.66. The van der Waals surface area contributed by atoms with E-state index < -0.39 is 5.41 Å². The third kappa shape index (κ3) is 1.82. The topological polar surface area (TPSA) is 34.1 Å². The van der Waals surface area contributed by atoms with Crippen LogP contribution in [0.15, 0.2) is 0 Å². The number of Topliss-reactive ketones (excluding diaryl/α,β-unsaturated/α-hetero) is 1. The predicted octanol–water partition coefficient (Wildman–Crippen LogP) is 1.06. The van der Waals surface area contributed by atoms with Gasteiger partial charge in [-0.05, 0) is 20.8 Å². The van der Waals surface area contributed by atoms with Gasteiger partial charge >= 0.3 is 0 Å². The second-order valence-electron chi connectivity index (χ2n) is 2.49. The van der Waals surface area contributed by atoms with E-state index in [4.69, 9.17) is 0 Å². The van der Waals surface area contributed by atoms with E-state index in [1.54, 1.807) is 13.8 Å². The van der Waals surface area contributed by atoms with Crippen LogP contribution in [0, 0.1) is 5.41 Å². The van der Waals surface area contributed by atoms with E-state index in [9.17, 15) is 9.59 Å². The van der Waals surface area contributed by atoms with Gasteiger partial charge in [-0.3, -0.25) is 9.59 Å². The van der Waals surface area contributed by atoms with Gasteiger partial charge in [-0.2, -0.15) is 0 Å². The van der Waals surface area contributed by atoms with Crippen LogP contribution in [0.25, 0.3) is 0 Å². The first kappa shape index (κ1) is 8.69. The van der Waals surface area contributed by atoms with Gasteiger partial charge in [0, 0.05) is 0 Å². The first-order valence-corrected chi connectivity index (χ1v) is 3.08. The molecule has 0 bridgehead atoms. The molecular formula is C6H10O2S. The van der Waals surface area contributed by atoms with E-state index in [1.165, 1.54) is 6.92 Å². The van der Waals surface area contributed by atoms with E-state index in [-0.39, 0.29) is 10.9 Å². The van der Waals surface area contributed by atoms with Crippen LogP contribution in [0.1, 0.15) is 20.8 Å². The second kappa shape index (κ2) is 2.52. The van der Waals surface area contributed by atoms with Crippen LogP contribution in [0.2, 0.25) is 0 Å². The molecule has 0 atom stereocenters. The van der Waals surface area contributed by atoms with Crippen molar-refractivity contribution in [3.63, 3.8) is 0 Å². The minimum atomic E-state index is -0.914. The maximum Gasteiger partial charge on any atom is 0.198 e. The Morgan fingerprint density at radius 3 is 1.67 bits per heavy atom. The first-order chi connectivity index (χ1) is 3.89. The van der Waals surface area contributed by atoms with Gasteiger partial charge in [0.05, 0.1) is 5.41 Å². The van der Waals surface area contributed by atoms with Gasteiger partial charge in [-0.15, -0.1) is 12.6 Å². The standard InChI is InChI=1S/C6H10O2S/c1-4(7)6(2,3)5(8)9/h1-3H3,(H,8,9). The highest BCUT2D eigenvalue weighted by molar-refractivity contribution is 7.96. The zero-order valence-electron chi connectivity index (χ0n) is 5.76. The fourth-order valence-electron chi connectivity index (χ4n) is 0.151. The first-order valence-electron chi connectivity index (χ1n) is 2.63. The monoisotopic (exact) mass is 146 g/mol. The van der Waals surface area contributed by atoms with Gasteiger partial charge in [0.15, 0.2) is 5.12 Å². The van der Waals surface area contributed by atoms with Crippen LogP contribution in [-0.2, 0) is 9.59 Å². The molecule has 2 nitrogen and oxygen atoms in total. The van der Waals surface area contributed by atoms with Crippen molar-refractivity contribution in [2.45, 2.75) is 20.8 Å². The molecule has 0 rings (SSSR count). The Morgan fingerprint density at radius 1 is 1.33 bits per heavy atom. The number of hydrogen-bond acceptors (Lipinski definition) is 2. The minimum absolute atomic E-state index is 0.150. The van der Waals surface area contributed by atoms with Crippen molar-refractivity contribution in [1.29, 1.82) is 0 Å². The molecule has 0 spiro atoms. The average molecular weight is 146 g/mol. The summed E-state index contributed by atoms with van der Waals surface area (Å²) in [6.07, 6.45) is 0. The summed E-state index contributed by atoms with van der Waals surface area (Å²) in [7, 11) is 0. The number of rotatable bonds is 2. The smallest absolute Gasteiger partial charge is 0.198 e. The Morgan fingerprint density at radius 2 is 1.67 bits per heavy atom. The number of carbonyl (C=O) groups is 2. The molecule has 0 aliphatic rings. The highest BCUT2D eigenvalue weighted by atomic mass is 32.1. The largest absolute Gasteiger partial charge is 0.299 e. The molecule has 0 aliphatic heterocycles. The number of carbonyl (C=O) groups excluding carboxylic acids is 2. The third-order valence-corrected chi connectivity index (χ3v) is 1.97. The predicted molar refractivity (Wildman–Crippen MR) is 38.5 cm³/mol. The SMILES string of the molecule is CC(=O)C(C)(C)C(=O)S. The number of hydrogen-bond donors (Lipinski definition) is 1. The van der Waals surface area contributed by atoms with Crippen LogP contribution in [-0.4, -0.2) is 10.9 Å². The Hall–Kier alpha value is -0.310. The summed E-state index contributed by atoms with van der Waals surface area (Å²) in [5, 5.41) is -0.380. The van der Waals surface area contributed by atoms with E-state index in [0.717, 1.165) is 0 Å². The van der Waals surface area contributed by atoms with Crippen LogP contribution < -0.4 is 0 Å². The fourth-order valence-corrected chi connectivity index (χ4v) is 0.308. The van der Waals surface area contributed by atoms with Gasteiger partial charge in [-0.1, -0.05) is 0 Å². The van der Waals surface area contributed by atoms with Gasteiger partial charge < -0.3 is 0 Å². The molecule has 0 aromatic heterocycles. The molecule has 9 heavy (non-hydrogen) atoms. The lowest BCUT2D eigenvalue weighted by Crippen LogP contribution is -2.27. The van der Waals surface area contributed by atoms with Crippen molar-refractivity contribution < 1.29 is 9.59 Å². The summed E-state index contributed by atoms with van der Waals surface area (Å²) >= 11 is 3.56. The van der Waals surface area contributed by atoms with Crippen molar-refractivity contribution in [2.75, 3.05) is 0 Å². The molecule has 0 saturated carbocycles. The van der Waals surface area contributed by atoms with Crippen molar-refractivity contribution >= 4 is 23.5 Å². The third-order valence-electron chi connectivity index (χ3n) is 1.41. The van der Waals surface area contributed by atoms with Gasteiger partial charge in [0.2, 0.25) is 0 Å². The van der Waals surface area contributed by atoms with Crippen LogP contribution in [0.5, 0.6) is 0 Å². The molecule has 0 saturated heterocycles. The van der Waals surface area contributed by atoms with Crippen LogP contribution in [0.4, 0.5) is 0 Å². The van der Waals surface area contributed by atoms with E-state index in [1.807, 2.05) is 0 Å². The molecule has 0 heterocycles. The molecular weight excluding hydrogens is 136 g/mol. The number of thiol groups is 1. The van der Waals surface area contributed by atoms with E-state index in [0.29, 0.717) is 0 Å². The van der Waals surface area contributed by atoms with Crippen molar-refractivity contribution in [2.24, 2.45) is 5.41 Å². The zero-order chi connectivity index (χ0) is 7.65. The Labute approximate surface area is 60.0 Å². The highest BCUT2D eigenvalue weighted by Gasteiger charge is 2.29. The summed E-state index contributed by atoms with van der Waals surface area (Å²) in [6, 6.07) is 0. The van der Waals surface area contributed by atoms with Gasteiger partial charge in [0.25, 0.3) is 0 Å². The second-order valence-corrected chi connectivity index (χ2v) is 2.89. The Bertz CT molecular complexity index is 133. The summed E-state index contributed by atoms with van der Waals surface area (Å²) in [6.45, 7) is 4.50. The lowest BCUT2D eigenvalue weighted by Gasteiger charge is -2.14. The summed E-state index contributed by atoms with van der Waals surface area (Å²) in [5.74, 6) is -0.150. The molecule has 0 amide bonds. The lowest BCUT2D eigenvalue weighted by molar-refractivity contribution is -0.132. The maximum atomic E-state index is 10.6. The quantitative estimate of drug-likeness (QED) is 0.467. The molecule has 0 radical (unpaired) electrons. The van der Waals surface area contributed by atoms with Gasteiger partial charge in [0.1, 0.15) is 5.78 Å². The van der Waals surface area contributed by atoms with Crippen molar-refractivity contribution in [1.82, 2.24) is 0 Å². The molecule has 52 valence electrons. The average Bonchev–Trinajstić information content (AvgIpc) is 1.65. The van der Waals surface area contributed by atoms with Crippen molar-refractivity contribution in [3.8, 4) is 0 Å². The lowest BCUT2D eigenvalue weighted by atomic mass is 9.91. The van der Waals surface area contributed by atoms with E-state index >= 15 is 0 Å². The summed E-state index contributed by atoms with van der Waals surface area (Å²) in [4.78, 5) is 21.2. The number of ketones is 1. The van der Waals surface area contributed by atoms with E-state index in [2.05, 4.69) is 12.6 Å². The molecule has 0 aliphatic carbocycles. The molecule has 0 fully saturated rings. The molecule has 0 aromatic carbocycles.